The van der Waals surface area contributed by atoms with Crippen molar-refractivity contribution in [2.75, 3.05) is 13.1 Å². The fourth-order valence-electron chi connectivity index (χ4n) is 4.30. The van der Waals surface area contributed by atoms with Crippen molar-refractivity contribution in [2.45, 2.75) is 45.1 Å². The molecule has 1 N–H and O–H groups in total. The second-order valence-electron chi connectivity index (χ2n) is 9.15. The molecule has 0 saturated carbocycles. The molecule has 8 nitrogen and oxygen atoms in total. The lowest BCUT2D eigenvalue weighted by atomic mass is 10.1. The van der Waals surface area contributed by atoms with Crippen LogP contribution < -0.4 is 10.1 Å². The molecule has 0 bridgehead atoms. The quantitative estimate of drug-likeness (QED) is 0.435. The molecule has 1 fully saturated rings. The molecule has 2 atom stereocenters. The zero-order valence-corrected chi connectivity index (χ0v) is 21.4. The van der Waals surface area contributed by atoms with Gasteiger partial charge in [-0.2, -0.15) is 0 Å². The van der Waals surface area contributed by atoms with Crippen LogP contribution in [-0.2, 0) is 27.5 Å². The first-order chi connectivity index (χ1) is 18.5. The third-order valence-corrected chi connectivity index (χ3v) is 6.24. The maximum absolute atomic E-state index is 13.1. The summed E-state index contributed by atoms with van der Waals surface area (Å²) < 4.78 is 16.8. The molecule has 1 saturated heterocycles. The van der Waals surface area contributed by atoms with Crippen molar-refractivity contribution in [3.63, 3.8) is 0 Å². The Morgan fingerprint density at radius 2 is 1.50 bits per heavy atom. The number of nitrogens with one attached hydrogen (secondary N) is 1. The van der Waals surface area contributed by atoms with Crippen molar-refractivity contribution < 1.29 is 28.6 Å². The Hall–Kier alpha value is -4.33. The highest BCUT2D eigenvalue weighted by molar-refractivity contribution is 5.94. The molecule has 3 aromatic carbocycles. The second-order valence-corrected chi connectivity index (χ2v) is 9.15. The van der Waals surface area contributed by atoms with E-state index in [1.807, 2.05) is 60.7 Å². The van der Waals surface area contributed by atoms with E-state index in [0.717, 1.165) is 11.1 Å². The number of carbonyl (C=O) groups excluding carboxylic acids is 3. The number of carbonyl (C=O) groups is 3. The van der Waals surface area contributed by atoms with Crippen molar-refractivity contribution >= 4 is 18.0 Å². The van der Waals surface area contributed by atoms with Crippen LogP contribution in [0.4, 0.5) is 4.79 Å². The van der Waals surface area contributed by atoms with Crippen LogP contribution in [-0.4, -0.2) is 48.1 Å². The summed E-state index contributed by atoms with van der Waals surface area (Å²) >= 11 is 0. The first-order valence-electron chi connectivity index (χ1n) is 12.7. The van der Waals surface area contributed by atoms with Crippen LogP contribution in [0.15, 0.2) is 84.9 Å². The van der Waals surface area contributed by atoms with Gasteiger partial charge >= 0.3 is 12.1 Å². The van der Waals surface area contributed by atoms with Crippen molar-refractivity contribution in [3.05, 3.63) is 102 Å². The van der Waals surface area contributed by atoms with Crippen LogP contribution in [0.25, 0.3) is 0 Å². The Balaban J connectivity index is 1.38. The predicted molar refractivity (Wildman–Crippen MR) is 141 cm³/mol. The molecule has 8 heteroatoms. The molecule has 0 aliphatic carbocycles. The summed E-state index contributed by atoms with van der Waals surface area (Å²) in [6, 6.07) is 25.5. The van der Waals surface area contributed by atoms with Crippen molar-refractivity contribution in [3.8, 4) is 5.75 Å². The van der Waals surface area contributed by atoms with Crippen molar-refractivity contribution in [2.24, 2.45) is 0 Å². The number of esters is 1. The Morgan fingerprint density at radius 3 is 2.13 bits per heavy atom. The van der Waals surface area contributed by atoms with Gasteiger partial charge < -0.3 is 24.4 Å². The number of hydrogen-bond acceptors (Lipinski definition) is 6. The second kappa shape index (κ2) is 13.3. The van der Waals surface area contributed by atoms with Gasteiger partial charge in [0.1, 0.15) is 25.1 Å². The zero-order valence-electron chi connectivity index (χ0n) is 21.4. The highest BCUT2D eigenvalue weighted by Gasteiger charge is 2.33. The van der Waals surface area contributed by atoms with E-state index in [2.05, 4.69) is 5.32 Å². The van der Waals surface area contributed by atoms with Crippen LogP contribution in [0.5, 0.6) is 5.75 Å². The third-order valence-electron chi connectivity index (χ3n) is 6.24. The smallest absolute Gasteiger partial charge is 0.410 e. The molecule has 1 heterocycles. The molecule has 1 aliphatic heterocycles. The monoisotopic (exact) mass is 516 g/mol. The van der Waals surface area contributed by atoms with Crippen LogP contribution >= 0.6 is 0 Å². The normalized spacial score (nSPS) is 17.1. The fourth-order valence-corrected chi connectivity index (χ4v) is 4.30. The lowest BCUT2D eigenvalue weighted by molar-refractivity contribution is -0.147. The zero-order chi connectivity index (χ0) is 26.7. The van der Waals surface area contributed by atoms with Crippen LogP contribution in [0.1, 0.15) is 41.3 Å². The Kier molecular flexibility index (Phi) is 9.34. The van der Waals surface area contributed by atoms with E-state index in [1.54, 1.807) is 29.2 Å². The van der Waals surface area contributed by atoms with E-state index >= 15 is 0 Å². The molecule has 4 rings (SSSR count). The van der Waals surface area contributed by atoms with Crippen LogP contribution in [0.2, 0.25) is 0 Å². The minimum absolute atomic E-state index is 0.152. The standard InChI is InChI=1S/C30H32N2O6/c1-22(33)38-28-13-8-18-32(30(35)37-21-24-11-6-3-7-12-24)19-27(28)31-29(34)25-14-16-26(17-15-25)36-20-23-9-4-2-5-10-23/h2-7,9-12,14-17,27-28H,8,13,18-21H2,1H3,(H,31,34)/t27-,28-/m1/s1. The van der Waals surface area contributed by atoms with E-state index in [4.69, 9.17) is 14.2 Å². The molecule has 0 spiro atoms. The molecule has 0 unspecified atom stereocenters. The molecular weight excluding hydrogens is 484 g/mol. The number of amides is 2. The van der Waals surface area contributed by atoms with Crippen molar-refractivity contribution in [1.29, 1.82) is 0 Å². The first kappa shape index (κ1) is 26.7. The maximum atomic E-state index is 13.1. The predicted octanol–water partition coefficient (Wildman–Crippen LogP) is 4.73. The van der Waals surface area contributed by atoms with Gasteiger partial charge in [-0.05, 0) is 48.2 Å². The van der Waals surface area contributed by atoms with Gasteiger partial charge in [0.15, 0.2) is 0 Å². The molecule has 2 amide bonds. The highest BCUT2D eigenvalue weighted by Crippen LogP contribution is 2.19. The molecule has 3 aromatic rings. The number of benzene rings is 3. The lowest BCUT2D eigenvalue weighted by Crippen LogP contribution is -2.51. The minimum Gasteiger partial charge on any atom is -0.489 e. The average molecular weight is 517 g/mol. The highest BCUT2D eigenvalue weighted by atomic mass is 16.6. The molecular formula is C30H32N2O6. The largest absolute Gasteiger partial charge is 0.489 e. The topological polar surface area (TPSA) is 94.2 Å². The summed E-state index contributed by atoms with van der Waals surface area (Å²) in [5.74, 6) is -0.125. The van der Waals surface area contributed by atoms with Gasteiger partial charge in [0.05, 0.1) is 6.04 Å². The third kappa shape index (κ3) is 7.83. The minimum atomic E-state index is -0.591. The molecule has 198 valence electrons. The number of hydrogen-bond donors (Lipinski definition) is 1. The summed E-state index contributed by atoms with van der Waals surface area (Å²) in [6.45, 7) is 2.51. The SMILES string of the molecule is CC(=O)O[C@@H]1CCCN(C(=O)OCc2ccccc2)C[C@H]1NC(=O)c1ccc(OCc2ccccc2)cc1. The number of rotatable bonds is 8. The summed E-state index contributed by atoms with van der Waals surface area (Å²) in [7, 11) is 0. The number of ether oxygens (including phenoxy) is 3. The van der Waals surface area contributed by atoms with Gasteiger partial charge in [-0.25, -0.2) is 4.79 Å². The van der Waals surface area contributed by atoms with E-state index in [-0.39, 0.29) is 19.1 Å². The van der Waals surface area contributed by atoms with Gasteiger partial charge in [-0.3, -0.25) is 9.59 Å². The molecule has 0 radical (unpaired) electrons. The van der Waals surface area contributed by atoms with Crippen LogP contribution in [0, 0.1) is 0 Å². The molecule has 0 aromatic heterocycles. The lowest BCUT2D eigenvalue weighted by Gasteiger charge is -2.28. The fraction of sp³-hybridized carbons (Fsp3) is 0.300. The Bertz CT molecular complexity index is 1200. The van der Waals surface area contributed by atoms with Crippen molar-refractivity contribution in [1.82, 2.24) is 10.2 Å². The summed E-state index contributed by atoms with van der Waals surface area (Å²) in [4.78, 5) is 39.2. The van der Waals surface area contributed by atoms with Gasteiger partial charge in [0.2, 0.25) is 0 Å². The van der Waals surface area contributed by atoms with Gasteiger partial charge in [0, 0.05) is 25.6 Å². The molecule has 38 heavy (non-hydrogen) atoms. The van der Waals surface area contributed by atoms with E-state index in [9.17, 15) is 14.4 Å². The van der Waals surface area contributed by atoms with Gasteiger partial charge in [-0.15, -0.1) is 0 Å². The van der Waals surface area contributed by atoms with Gasteiger partial charge in [-0.1, -0.05) is 60.7 Å². The Morgan fingerprint density at radius 1 is 0.868 bits per heavy atom. The molecule has 1 aliphatic rings. The first-order valence-corrected chi connectivity index (χ1v) is 12.7. The van der Waals surface area contributed by atoms with E-state index in [1.165, 1.54) is 6.92 Å². The number of likely N-dealkylation sites (tertiary alicyclic amines) is 1. The average Bonchev–Trinajstić information content (AvgIpc) is 3.13. The van der Waals surface area contributed by atoms with E-state index in [0.29, 0.717) is 37.3 Å². The summed E-state index contributed by atoms with van der Waals surface area (Å²) in [5.41, 5.74) is 2.36. The number of nitrogens with zero attached hydrogens (tertiary/aromatic N) is 1. The summed E-state index contributed by atoms with van der Waals surface area (Å²) in [6.07, 6.45) is 0.0885. The van der Waals surface area contributed by atoms with Gasteiger partial charge in [0.25, 0.3) is 5.91 Å². The Labute approximate surface area is 222 Å². The summed E-state index contributed by atoms with van der Waals surface area (Å²) in [5, 5.41) is 2.96. The van der Waals surface area contributed by atoms with Crippen LogP contribution in [0.3, 0.4) is 0 Å². The maximum Gasteiger partial charge on any atom is 0.410 e. The van der Waals surface area contributed by atoms with E-state index < -0.39 is 24.2 Å².